The van der Waals surface area contributed by atoms with E-state index in [1.54, 1.807) is 0 Å². The molecule has 0 saturated carbocycles. The standard InChI is InChI=1S/C23H37NO7/c1(5-24-6-8-25-9-7-24)2-21-3-4-22-23(20-21)31-19-17-29-15-13-27-11-10-26-12-14-28-16-18-30-22/h3-4,20H,1-2,5-19H2. The summed E-state index contributed by atoms with van der Waals surface area (Å²) in [4.78, 5) is 2.46. The third-order valence-electron chi connectivity index (χ3n) is 5.14. The number of aryl methyl sites for hydroxylation is 1. The van der Waals surface area contributed by atoms with Crippen LogP contribution in [0.25, 0.3) is 0 Å². The fourth-order valence-corrected chi connectivity index (χ4v) is 3.45. The summed E-state index contributed by atoms with van der Waals surface area (Å²) < 4.78 is 39.4. The predicted octanol–water partition coefficient (Wildman–Crippen LogP) is 1.79. The van der Waals surface area contributed by atoms with Gasteiger partial charge in [-0.3, -0.25) is 4.90 Å². The van der Waals surface area contributed by atoms with Gasteiger partial charge in [0, 0.05) is 13.1 Å². The summed E-state index contributed by atoms with van der Waals surface area (Å²) in [5.74, 6) is 1.49. The molecule has 0 aromatic heterocycles. The molecule has 0 aliphatic carbocycles. The Morgan fingerprint density at radius 2 is 1.10 bits per heavy atom. The van der Waals surface area contributed by atoms with Gasteiger partial charge in [-0.05, 0) is 37.1 Å². The predicted molar refractivity (Wildman–Crippen MR) is 116 cm³/mol. The monoisotopic (exact) mass is 439 g/mol. The van der Waals surface area contributed by atoms with Crippen molar-refractivity contribution in [1.29, 1.82) is 0 Å². The number of fused-ring (bicyclic) bond motifs is 1. The average Bonchev–Trinajstić information content (AvgIpc) is 2.80. The molecule has 0 radical (unpaired) electrons. The van der Waals surface area contributed by atoms with Gasteiger partial charge < -0.3 is 33.2 Å². The largest absolute Gasteiger partial charge is 0.487 e. The van der Waals surface area contributed by atoms with Crippen LogP contribution in [0.3, 0.4) is 0 Å². The third-order valence-corrected chi connectivity index (χ3v) is 5.14. The lowest BCUT2D eigenvalue weighted by Crippen LogP contribution is -2.36. The fraction of sp³-hybridized carbons (Fsp3) is 0.739. The molecule has 8 heteroatoms. The second-order valence-corrected chi connectivity index (χ2v) is 7.49. The molecule has 2 heterocycles. The van der Waals surface area contributed by atoms with Crippen molar-refractivity contribution < 1.29 is 33.2 Å². The first-order chi connectivity index (χ1) is 15.4. The van der Waals surface area contributed by atoms with Crippen LogP contribution in [0.15, 0.2) is 18.2 Å². The van der Waals surface area contributed by atoms with Crippen molar-refractivity contribution in [3.05, 3.63) is 23.8 Å². The van der Waals surface area contributed by atoms with E-state index in [4.69, 9.17) is 33.2 Å². The van der Waals surface area contributed by atoms with Gasteiger partial charge in [0.1, 0.15) is 13.2 Å². The first kappa shape index (κ1) is 24.2. The number of benzene rings is 1. The van der Waals surface area contributed by atoms with Crippen LogP contribution in [-0.2, 0) is 30.1 Å². The molecule has 2 aliphatic rings. The molecular formula is C23H37NO7. The topological polar surface area (TPSA) is 67.9 Å². The van der Waals surface area contributed by atoms with Crippen LogP contribution in [0, 0.1) is 0 Å². The smallest absolute Gasteiger partial charge is 0.161 e. The van der Waals surface area contributed by atoms with Crippen molar-refractivity contribution in [1.82, 2.24) is 4.90 Å². The Balaban J connectivity index is 1.49. The normalized spacial score (nSPS) is 21.2. The number of morpholine rings is 1. The van der Waals surface area contributed by atoms with E-state index in [-0.39, 0.29) is 0 Å². The average molecular weight is 440 g/mol. The Morgan fingerprint density at radius 3 is 1.71 bits per heavy atom. The molecule has 1 aromatic rings. The van der Waals surface area contributed by atoms with E-state index in [2.05, 4.69) is 17.0 Å². The van der Waals surface area contributed by atoms with E-state index in [1.807, 2.05) is 6.07 Å². The Kier molecular flexibility index (Phi) is 12.0. The number of hydrogen-bond donors (Lipinski definition) is 0. The second kappa shape index (κ2) is 15.4. The second-order valence-electron chi connectivity index (χ2n) is 7.49. The minimum absolute atomic E-state index is 0.465. The Morgan fingerprint density at radius 1 is 0.581 bits per heavy atom. The molecule has 176 valence electrons. The van der Waals surface area contributed by atoms with Crippen molar-refractivity contribution in [2.24, 2.45) is 0 Å². The van der Waals surface area contributed by atoms with Gasteiger partial charge in [-0.2, -0.15) is 0 Å². The number of nitrogens with zero attached hydrogens (tertiary/aromatic N) is 1. The molecule has 3 rings (SSSR count). The van der Waals surface area contributed by atoms with E-state index >= 15 is 0 Å². The third kappa shape index (κ3) is 10.2. The molecule has 0 atom stereocenters. The molecule has 2 aliphatic heterocycles. The molecule has 8 nitrogen and oxygen atoms in total. The van der Waals surface area contributed by atoms with Gasteiger partial charge in [-0.1, -0.05) is 6.07 Å². The summed E-state index contributed by atoms with van der Waals surface area (Å²) in [6, 6.07) is 6.20. The van der Waals surface area contributed by atoms with Gasteiger partial charge in [0.25, 0.3) is 0 Å². The highest BCUT2D eigenvalue weighted by Gasteiger charge is 2.11. The first-order valence-electron chi connectivity index (χ1n) is 11.4. The highest BCUT2D eigenvalue weighted by atomic mass is 16.6. The molecule has 0 spiro atoms. The van der Waals surface area contributed by atoms with Gasteiger partial charge in [-0.15, -0.1) is 0 Å². The summed E-state index contributed by atoms with van der Waals surface area (Å²) in [6.45, 7) is 10.1. The summed E-state index contributed by atoms with van der Waals surface area (Å²) in [5.41, 5.74) is 1.25. The first-order valence-corrected chi connectivity index (χ1v) is 11.4. The quantitative estimate of drug-likeness (QED) is 0.704. The maximum Gasteiger partial charge on any atom is 0.161 e. The zero-order valence-electron chi connectivity index (χ0n) is 18.6. The van der Waals surface area contributed by atoms with Crippen molar-refractivity contribution in [3.8, 4) is 11.5 Å². The molecule has 1 fully saturated rings. The minimum atomic E-state index is 0.465. The maximum atomic E-state index is 5.99. The van der Waals surface area contributed by atoms with Crippen LogP contribution >= 0.6 is 0 Å². The number of hydrogen-bond acceptors (Lipinski definition) is 8. The zero-order valence-corrected chi connectivity index (χ0v) is 18.6. The van der Waals surface area contributed by atoms with Gasteiger partial charge in [0.05, 0.1) is 66.1 Å². The Hall–Kier alpha value is -1.42. The minimum Gasteiger partial charge on any atom is -0.487 e. The molecule has 1 aromatic carbocycles. The van der Waals surface area contributed by atoms with Gasteiger partial charge >= 0.3 is 0 Å². The van der Waals surface area contributed by atoms with Crippen LogP contribution in [0.1, 0.15) is 12.0 Å². The summed E-state index contributed by atoms with van der Waals surface area (Å²) in [7, 11) is 0. The van der Waals surface area contributed by atoms with Crippen LogP contribution in [-0.4, -0.2) is 104 Å². The van der Waals surface area contributed by atoms with Crippen molar-refractivity contribution in [2.45, 2.75) is 12.8 Å². The molecule has 0 bridgehead atoms. The fourth-order valence-electron chi connectivity index (χ4n) is 3.45. The summed E-state index contributed by atoms with van der Waals surface area (Å²) >= 11 is 0. The highest BCUT2D eigenvalue weighted by Crippen LogP contribution is 2.29. The molecule has 0 N–H and O–H groups in total. The van der Waals surface area contributed by atoms with E-state index in [9.17, 15) is 0 Å². The molecule has 0 amide bonds. The lowest BCUT2D eigenvalue weighted by atomic mass is 10.1. The van der Waals surface area contributed by atoms with E-state index < -0.39 is 0 Å². The molecule has 31 heavy (non-hydrogen) atoms. The van der Waals surface area contributed by atoms with Gasteiger partial charge in [0.2, 0.25) is 0 Å². The van der Waals surface area contributed by atoms with Crippen molar-refractivity contribution in [3.63, 3.8) is 0 Å². The highest BCUT2D eigenvalue weighted by molar-refractivity contribution is 5.43. The Labute approximate surface area is 185 Å². The van der Waals surface area contributed by atoms with Gasteiger partial charge in [-0.25, -0.2) is 0 Å². The summed E-state index contributed by atoms with van der Waals surface area (Å²) in [5, 5.41) is 0. The summed E-state index contributed by atoms with van der Waals surface area (Å²) in [6.07, 6.45) is 2.11. The zero-order chi connectivity index (χ0) is 21.4. The molecule has 1 saturated heterocycles. The molecule has 0 unspecified atom stereocenters. The van der Waals surface area contributed by atoms with Crippen LogP contribution in [0.4, 0.5) is 0 Å². The van der Waals surface area contributed by atoms with Gasteiger partial charge in [0.15, 0.2) is 11.5 Å². The van der Waals surface area contributed by atoms with Crippen LogP contribution < -0.4 is 9.47 Å². The van der Waals surface area contributed by atoms with Crippen LogP contribution in [0.2, 0.25) is 0 Å². The van der Waals surface area contributed by atoms with Crippen LogP contribution in [0.5, 0.6) is 11.5 Å². The SMILES string of the molecule is c1cc2c(cc1CCCN1CCOCC1)OCCOCCOCCOCCOCCO2. The molecular weight excluding hydrogens is 402 g/mol. The lowest BCUT2D eigenvalue weighted by molar-refractivity contribution is -0.00842. The number of ether oxygens (including phenoxy) is 7. The Bertz CT molecular complexity index is 595. The van der Waals surface area contributed by atoms with Crippen molar-refractivity contribution in [2.75, 3.05) is 98.9 Å². The van der Waals surface area contributed by atoms with E-state index in [0.29, 0.717) is 66.1 Å². The van der Waals surface area contributed by atoms with Crippen molar-refractivity contribution >= 4 is 0 Å². The van der Waals surface area contributed by atoms with E-state index in [0.717, 1.165) is 57.2 Å². The lowest BCUT2D eigenvalue weighted by Gasteiger charge is -2.26. The number of rotatable bonds is 4. The van der Waals surface area contributed by atoms with E-state index in [1.165, 1.54) is 5.56 Å². The maximum absolute atomic E-state index is 5.99.